The zero-order chi connectivity index (χ0) is 17.9. The molecule has 0 aliphatic heterocycles. The van der Waals surface area contributed by atoms with E-state index in [-0.39, 0.29) is 5.91 Å². The first-order chi connectivity index (χ1) is 11.3. The summed E-state index contributed by atoms with van der Waals surface area (Å²) in [6, 6.07) is 7.98. The Morgan fingerprint density at radius 3 is 2.54 bits per heavy atom. The van der Waals surface area contributed by atoms with Crippen molar-refractivity contribution in [1.82, 2.24) is 9.88 Å². The van der Waals surface area contributed by atoms with Crippen molar-refractivity contribution in [2.45, 2.75) is 41.2 Å². The maximum absolute atomic E-state index is 12.7. The number of carbonyl (C=O) groups is 1. The molecule has 0 aliphatic carbocycles. The summed E-state index contributed by atoms with van der Waals surface area (Å²) in [7, 11) is 1.67. The van der Waals surface area contributed by atoms with Crippen molar-refractivity contribution in [3.63, 3.8) is 0 Å². The molecule has 2 rings (SSSR count). The summed E-state index contributed by atoms with van der Waals surface area (Å²) < 4.78 is 7.41. The Hall–Kier alpha value is -2.23. The number of amides is 1. The highest BCUT2D eigenvalue weighted by Crippen LogP contribution is 2.23. The fourth-order valence-corrected chi connectivity index (χ4v) is 2.85. The van der Waals surface area contributed by atoms with Gasteiger partial charge in [-0.3, -0.25) is 4.79 Å². The van der Waals surface area contributed by atoms with Crippen LogP contribution >= 0.6 is 0 Å². The van der Waals surface area contributed by atoms with Gasteiger partial charge in [0.25, 0.3) is 5.91 Å². The van der Waals surface area contributed by atoms with E-state index in [1.807, 2.05) is 25.1 Å². The number of aromatic nitrogens is 1. The smallest absolute Gasteiger partial charge is 0.268 e. The molecule has 0 fully saturated rings. The summed E-state index contributed by atoms with van der Waals surface area (Å²) in [6.45, 7) is 11.7. The molecule has 0 saturated heterocycles. The number of nitrogens with zero attached hydrogens (tertiary/aromatic N) is 1. The minimum Gasteiger partial charge on any atom is -0.497 e. The quantitative estimate of drug-likeness (QED) is 0.875. The average Bonchev–Trinajstić information content (AvgIpc) is 2.77. The molecule has 1 aromatic heterocycles. The van der Waals surface area contributed by atoms with Crippen LogP contribution in [0.15, 0.2) is 24.3 Å². The van der Waals surface area contributed by atoms with E-state index < -0.39 is 0 Å². The van der Waals surface area contributed by atoms with Crippen LogP contribution in [0.4, 0.5) is 0 Å². The standard InChI is InChI=1S/C20H28N2O2/c1-13(2)11-21-20(23)19-15(4)14(3)16(5)22(19)12-17-8-7-9-18(10-17)24-6/h7-10,13H,11-12H2,1-6H3,(H,21,23). The lowest BCUT2D eigenvalue weighted by atomic mass is 10.1. The van der Waals surface area contributed by atoms with Crippen molar-refractivity contribution in [2.75, 3.05) is 13.7 Å². The Kier molecular flexibility index (Phi) is 5.71. The molecule has 4 nitrogen and oxygen atoms in total. The zero-order valence-electron chi connectivity index (χ0n) is 15.6. The van der Waals surface area contributed by atoms with Crippen molar-refractivity contribution in [3.8, 4) is 5.75 Å². The Bertz CT molecular complexity index is 729. The van der Waals surface area contributed by atoms with Crippen LogP contribution in [0.25, 0.3) is 0 Å². The molecule has 0 unspecified atom stereocenters. The van der Waals surface area contributed by atoms with Gasteiger partial charge < -0.3 is 14.6 Å². The number of methoxy groups -OCH3 is 1. The Labute approximate surface area is 144 Å². The van der Waals surface area contributed by atoms with Crippen molar-refractivity contribution in [2.24, 2.45) is 5.92 Å². The highest BCUT2D eigenvalue weighted by Gasteiger charge is 2.20. The van der Waals surface area contributed by atoms with E-state index >= 15 is 0 Å². The van der Waals surface area contributed by atoms with Gasteiger partial charge in [-0.15, -0.1) is 0 Å². The number of hydrogen-bond acceptors (Lipinski definition) is 2. The van der Waals surface area contributed by atoms with Gasteiger partial charge in [0.2, 0.25) is 0 Å². The molecule has 1 amide bonds. The van der Waals surface area contributed by atoms with E-state index in [2.05, 4.69) is 43.6 Å². The second-order valence-electron chi connectivity index (χ2n) is 6.73. The van der Waals surface area contributed by atoms with E-state index in [4.69, 9.17) is 4.74 Å². The highest BCUT2D eigenvalue weighted by molar-refractivity contribution is 5.95. The van der Waals surface area contributed by atoms with E-state index in [9.17, 15) is 4.79 Å². The second-order valence-corrected chi connectivity index (χ2v) is 6.73. The molecule has 4 heteroatoms. The minimum atomic E-state index is 0.000274. The van der Waals surface area contributed by atoms with E-state index in [1.165, 1.54) is 5.56 Å². The summed E-state index contributed by atoms with van der Waals surface area (Å²) >= 11 is 0. The molecular formula is C20H28N2O2. The number of ether oxygens (including phenoxy) is 1. The van der Waals surface area contributed by atoms with Crippen LogP contribution in [-0.4, -0.2) is 24.1 Å². The molecule has 130 valence electrons. The zero-order valence-corrected chi connectivity index (χ0v) is 15.6. The van der Waals surface area contributed by atoms with Gasteiger partial charge in [0.1, 0.15) is 11.4 Å². The van der Waals surface area contributed by atoms with Crippen LogP contribution < -0.4 is 10.1 Å². The summed E-state index contributed by atoms with van der Waals surface area (Å²) in [5.74, 6) is 1.26. The van der Waals surface area contributed by atoms with E-state index in [0.717, 1.165) is 28.3 Å². The predicted molar refractivity (Wildman–Crippen MR) is 97.9 cm³/mol. The number of rotatable bonds is 6. The molecule has 1 aromatic carbocycles. The predicted octanol–water partition coefficient (Wildman–Crippen LogP) is 3.86. The molecule has 1 N–H and O–H groups in total. The molecule has 0 radical (unpaired) electrons. The Balaban J connectivity index is 2.38. The molecule has 2 aromatic rings. The monoisotopic (exact) mass is 328 g/mol. The van der Waals surface area contributed by atoms with Gasteiger partial charge in [0.05, 0.1) is 7.11 Å². The van der Waals surface area contributed by atoms with Gasteiger partial charge in [0, 0.05) is 18.8 Å². The second kappa shape index (κ2) is 7.56. The first-order valence-corrected chi connectivity index (χ1v) is 8.42. The summed E-state index contributed by atoms with van der Waals surface area (Å²) in [6.07, 6.45) is 0. The van der Waals surface area contributed by atoms with Crippen LogP contribution in [0, 0.1) is 26.7 Å². The number of hydrogen-bond donors (Lipinski definition) is 1. The molecule has 0 spiro atoms. The molecule has 0 saturated carbocycles. The first-order valence-electron chi connectivity index (χ1n) is 8.42. The van der Waals surface area contributed by atoms with Crippen LogP contribution in [0.3, 0.4) is 0 Å². The summed E-state index contributed by atoms with van der Waals surface area (Å²) in [4.78, 5) is 12.7. The van der Waals surface area contributed by atoms with Crippen molar-refractivity contribution >= 4 is 5.91 Å². The fourth-order valence-electron chi connectivity index (χ4n) is 2.85. The Morgan fingerprint density at radius 1 is 1.21 bits per heavy atom. The van der Waals surface area contributed by atoms with Crippen LogP contribution in [0.1, 0.15) is 46.7 Å². The fraction of sp³-hybridized carbons (Fsp3) is 0.450. The topological polar surface area (TPSA) is 43.3 Å². The van der Waals surface area contributed by atoms with Gasteiger partial charge in [-0.1, -0.05) is 26.0 Å². The lowest BCUT2D eigenvalue weighted by Gasteiger charge is -2.14. The average molecular weight is 328 g/mol. The summed E-state index contributed by atoms with van der Waals surface area (Å²) in [5.41, 5.74) is 5.23. The lowest BCUT2D eigenvalue weighted by Crippen LogP contribution is -2.30. The maximum atomic E-state index is 12.7. The highest BCUT2D eigenvalue weighted by atomic mass is 16.5. The maximum Gasteiger partial charge on any atom is 0.268 e. The van der Waals surface area contributed by atoms with Crippen molar-refractivity contribution in [1.29, 1.82) is 0 Å². The third-order valence-electron chi connectivity index (χ3n) is 4.50. The molecule has 0 atom stereocenters. The van der Waals surface area contributed by atoms with Gasteiger partial charge in [-0.05, 0) is 55.5 Å². The molecular weight excluding hydrogens is 300 g/mol. The number of nitrogens with one attached hydrogen (secondary N) is 1. The first kappa shape index (κ1) is 18.1. The third-order valence-corrected chi connectivity index (χ3v) is 4.50. The third kappa shape index (κ3) is 3.81. The van der Waals surface area contributed by atoms with Gasteiger partial charge in [0.15, 0.2) is 0 Å². The van der Waals surface area contributed by atoms with E-state index in [1.54, 1.807) is 7.11 Å². The largest absolute Gasteiger partial charge is 0.497 e. The normalized spacial score (nSPS) is 11.0. The lowest BCUT2D eigenvalue weighted by molar-refractivity contribution is 0.0939. The van der Waals surface area contributed by atoms with Crippen LogP contribution in [-0.2, 0) is 6.54 Å². The number of carbonyl (C=O) groups excluding carboxylic acids is 1. The van der Waals surface area contributed by atoms with Gasteiger partial charge in [-0.25, -0.2) is 0 Å². The van der Waals surface area contributed by atoms with Crippen molar-refractivity contribution < 1.29 is 9.53 Å². The number of benzene rings is 1. The molecule has 1 heterocycles. The minimum absolute atomic E-state index is 0.000274. The molecule has 0 aliphatic rings. The van der Waals surface area contributed by atoms with E-state index in [0.29, 0.717) is 19.0 Å². The van der Waals surface area contributed by atoms with Crippen LogP contribution in [0.2, 0.25) is 0 Å². The van der Waals surface area contributed by atoms with Crippen LogP contribution in [0.5, 0.6) is 5.75 Å². The van der Waals surface area contributed by atoms with Crippen molar-refractivity contribution in [3.05, 3.63) is 52.3 Å². The van der Waals surface area contributed by atoms with Gasteiger partial charge >= 0.3 is 0 Å². The SMILES string of the molecule is COc1cccc(Cn2c(C)c(C)c(C)c2C(=O)NCC(C)C)c1. The summed E-state index contributed by atoms with van der Waals surface area (Å²) in [5, 5.41) is 3.04. The molecule has 24 heavy (non-hydrogen) atoms. The van der Waals surface area contributed by atoms with Gasteiger partial charge in [-0.2, -0.15) is 0 Å². The Morgan fingerprint density at radius 2 is 1.92 bits per heavy atom. The molecule has 0 bridgehead atoms.